The second kappa shape index (κ2) is 6.61. The summed E-state index contributed by atoms with van der Waals surface area (Å²) in [5.74, 6) is -1.17. The lowest BCUT2D eigenvalue weighted by molar-refractivity contribution is 0.0696. The zero-order chi connectivity index (χ0) is 18.0. The fraction of sp³-hybridized carbons (Fsp3) is 0.0625. The molecule has 0 aliphatic rings. The van der Waals surface area contributed by atoms with Gasteiger partial charge in [-0.05, 0) is 48.3 Å². The number of hydrogen-bond acceptors (Lipinski definition) is 6. The number of hydrogen-bond donors (Lipinski definition) is 2. The van der Waals surface area contributed by atoms with E-state index < -0.39 is 16.0 Å². The number of anilines is 1. The summed E-state index contributed by atoms with van der Waals surface area (Å²) in [6, 6.07) is 10.7. The summed E-state index contributed by atoms with van der Waals surface area (Å²) in [6.07, 6.45) is 0. The van der Waals surface area contributed by atoms with Crippen LogP contribution in [0.5, 0.6) is 0 Å². The summed E-state index contributed by atoms with van der Waals surface area (Å²) in [7, 11) is -3.89. The molecule has 1 heterocycles. The number of nitrogens with one attached hydrogen (secondary N) is 1. The molecule has 3 rings (SSSR count). The van der Waals surface area contributed by atoms with Crippen LogP contribution >= 0.6 is 11.5 Å². The molecule has 7 nitrogen and oxygen atoms in total. The third-order valence-corrected chi connectivity index (χ3v) is 5.43. The zero-order valence-electron chi connectivity index (χ0n) is 13.0. The molecule has 0 atom stereocenters. The van der Waals surface area contributed by atoms with E-state index in [1.165, 1.54) is 23.7 Å². The Morgan fingerprint density at radius 3 is 2.48 bits per heavy atom. The highest BCUT2D eigenvalue weighted by Gasteiger charge is 2.18. The summed E-state index contributed by atoms with van der Waals surface area (Å²) < 4.78 is 31.2. The van der Waals surface area contributed by atoms with Gasteiger partial charge >= 0.3 is 5.97 Å². The number of carboxylic acids is 1. The first-order chi connectivity index (χ1) is 11.9. The minimum absolute atomic E-state index is 0.0470. The predicted octanol–water partition coefficient (Wildman–Crippen LogP) is 3.01. The molecule has 9 heteroatoms. The Balaban J connectivity index is 1.86. The number of aromatic nitrogens is 2. The van der Waals surface area contributed by atoms with Crippen molar-refractivity contribution in [2.24, 2.45) is 0 Å². The number of nitrogens with zero attached hydrogens (tertiary/aromatic N) is 2. The molecular formula is C16H13N3O4S2. The monoisotopic (exact) mass is 375 g/mol. The van der Waals surface area contributed by atoms with Crippen LogP contribution in [0.3, 0.4) is 0 Å². The van der Waals surface area contributed by atoms with E-state index in [2.05, 4.69) is 14.3 Å². The molecule has 2 N–H and O–H groups in total. The van der Waals surface area contributed by atoms with Gasteiger partial charge < -0.3 is 5.11 Å². The summed E-state index contributed by atoms with van der Waals surface area (Å²) in [5.41, 5.74) is 2.34. The molecule has 25 heavy (non-hydrogen) atoms. The third-order valence-electron chi connectivity index (χ3n) is 3.54. The number of rotatable bonds is 5. The van der Waals surface area contributed by atoms with E-state index in [1.807, 2.05) is 0 Å². The number of carboxylic acid groups (broad SMARTS) is 1. The molecule has 1 aromatic heterocycles. The van der Waals surface area contributed by atoms with Crippen LogP contribution in [0.25, 0.3) is 11.3 Å². The molecule has 0 unspecified atom stereocenters. The van der Waals surface area contributed by atoms with Crippen LogP contribution in [-0.2, 0) is 10.0 Å². The van der Waals surface area contributed by atoms with Crippen LogP contribution in [0.1, 0.15) is 15.9 Å². The minimum atomic E-state index is -3.89. The van der Waals surface area contributed by atoms with Gasteiger partial charge in [0.1, 0.15) is 5.69 Å². The first-order valence-electron chi connectivity index (χ1n) is 7.11. The predicted molar refractivity (Wildman–Crippen MR) is 94.3 cm³/mol. The van der Waals surface area contributed by atoms with Crippen LogP contribution in [0, 0.1) is 6.92 Å². The van der Waals surface area contributed by atoms with Crippen LogP contribution in [0.4, 0.5) is 5.69 Å². The molecule has 0 aliphatic heterocycles. The maximum atomic E-state index is 12.5. The fourth-order valence-corrected chi connectivity index (χ4v) is 3.76. The number of carbonyl (C=O) groups is 1. The zero-order valence-corrected chi connectivity index (χ0v) is 14.6. The highest BCUT2D eigenvalue weighted by molar-refractivity contribution is 7.92. The molecule has 0 aliphatic carbocycles. The molecule has 0 fully saturated rings. The minimum Gasteiger partial charge on any atom is -0.478 e. The number of aromatic carboxylic acids is 1. The van der Waals surface area contributed by atoms with E-state index in [-0.39, 0.29) is 10.5 Å². The quantitative estimate of drug-likeness (QED) is 0.709. The van der Waals surface area contributed by atoms with Gasteiger partial charge in [-0.25, -0.2) is 13.2 Å². The van der Waals surface area contributed by atoms with Gasteiger partial charge in [0.25, 0.3) is 10.0 Å². The lowest BCUT2D eigenvalue weighted by Gasteiger charge is -2.10. The molecule has 0 amide bonds. The van der Waals surface area contributed by atoms with Crippen molar-refractivity contribution in [3.8, 4) is 11.3 Å². The van der Waals surface area contributed by atoms with Crippen LogP contribution < -0.4 is 4.72 Å². The van der Waals surface area contributed by atoms with Crippen molar-refractivity contribution in [3.05, 3.63) is 59.0 Å². The van der Waals surface area contributed by atoms with Crippen molar-refractivity contribution in [2.75, 3.05) is 4.72 Å². The Bertz CT molecular complexity index is 1010. The topological polar surface area (TPSA) is 109 Å². The second-order valence-corrected chi connectivity index (χ2v) is 7.55. The molecule has 0 radical (unpaired) electrons. The molecule has 128 valence electrons. The Labute approximate surface area is 148 Å². The van der Waals surface area contributed by atoms with Crippen molar-refractivity contribution < 1.29 is 18.3 Å². The van der Waals surface area contributed by atoms with Crippen LogP contribution in [-0.4, -0.2) is 29.1 Å². The van der Waals surface area contributed by atoms with Gasteiger partial charge in [-0.1, -0.05) is 22.7 Å². The molecule has 3 aromatic rings. The van der Waals surface area contributed by atoms with Crippen molar-refractivity contribution in [1.29, 1.82) is 0 Å². The molecular weight excluding hydrogens is 362 g/mol. The van der Waals surface area contributed by atoms with Crippen molar-refractivity contribution in [3.63, 3.8) is 0 Å². The van der Waals surface area contributed by atoms with E-state index in [9.17, 15) is 13.2 Å². The smallest absolute Gasteiger partial charge is 0.335 e. The van der Waals surface area contributed by atoms with E-state index in [0.29, 0.717) is 16.9 Å². The molecule has 0 saturated heterocycles. The van der Waals surface area contributed by atoms with Gasteiger partial charge in [-0.15, -0.1) is 5.10 Å². The van der Waals surface area contributed by atoms with Gasteiger partial charge in [-0.3, -0.25) is 4.72 Å². The lowest BCUT2D eigenvalue weighted by atomic mass is 10.1. The summed E-state index contributed by atoms with van der Waals surface area (Å²) in [6.45, 7) is 1.61. The van der Waals surface area contributed by atoms with Gasteiger partial charge in [-0.2, -0.15) is 0 Å². The van der Waals surface area contributed by atoms with E-state index >= 15 is 0 Å². The molecule has 0 bridgehead atoms. The van der Waals surface area contributed by atoms with Crippen LogP contribution in [0.2, 0.25) is 0 Å². The molecule has 0 spiro atoms. The standard InChI is InChI=1S/C16H13N3O4S2/c1-10-2-7-13(8-14(10)16(20)21)25(22,23)18-12-5-3-11(4-6-12)15-9-24-19-17-15/h2-9,18H,1H3,(H,20,21). The number of aryl methyl sites for hydroxylation is 1. The summed E-state index contributed by atoms with van der Waals surface area (Å²) >= 11 is 1.23. The largest absolute Gasteiger partial charge is 0.478 e. The molecule has 2 aromatic carbocycles. The lowest BCUT2D eigenvalue weighted by Crippen LogP contribution is -2.14. The van der Waals surface area contributed by atoms with E-state index in [0.717, 1.165) is 11.6 Å². The summed E-state index contributed by atoms with van der Waals surface area (Å²) in [5, 5.41) is 14.9. The fourth-order valence-electron chi connectivity index (χ4n) is 2.21. The van der Waals surface area contributed by atoms with Crippen LogP contribution in [0.15, 0.2) is 52.7 Å². The van der Waals surface area contributed by atoms with Gasteiger partial charge in [0, 0.05) is 16.6 Å². The highest BCUT2D eigenvalue weighted by Crippen LogP contribution is 2.23. The van der Waals surface area contributed by atoms with Gasteiger partial charge in [0.2, 0.25) is 0 Å². The first kappa shape index (κ1) is 17.1. The Hall–Kier alpha value is -2.78. The van der Waals surface area contributed by atoms with Crippen molar-refractivity contribution >= 4 is 33.2 Å². The highest BCUT2D eigenvalue weighted by atomic mass is 32.2. The SMILES string of the molecule is Cc1ccc(S(=O)(=O)Nc2ccc(-c3csnn3)cc2)cc1C(=O)O. The average Bonchev–Trinajstić information content (AvgIpc) is 3.09. The van der Waals surface area contributed by atoms with E-state index in [4.69, 9.17) is 5.11 Å². The Morgan fingerprint density at radius 2 is 1.88 bits per heavy atom. The Morgan fingerprint density at radius 1 is 1.16 bits per heavy atom. The molecule has 0 saturated carbocycles. The average molecular weight is 375 g/mol. The first-order valence-corrected chi connectivity index (χ1v) is 9.43. The van der Waals surface area contributed by atoms with Crippen molar-refractivity contribution in [1.82, 2.24) is 9.59 Å². The normalized spacial score (nSPS) is 11.2. The number of sulfonamides is 1. The number of benzene rings is 2. The van der Waals surface area contributed by atoms with E-state index in [1.54, 1.807) is 36.6 Å². The van der Waals surface area contributed by atoms with Crippen molar-refractivity contribution in [2.45, 2.75) is 11.8 Å². The maximum Gasteiger partial charge on any atom is 0.335 e. The summed E-state index contributed by atoms with van der Waals surface area (Å²) in [4.78, 5) is 11.1. The maximum absolute atomic E-state index is 12.5. The Kier molecular flexibility index (Phi) is 4.51. The van der Waals surface area contributed by atoms with Gasteiger partial charge in [0.05, 0.1) is 10.5 Å². The second-order valence-electron chi connectivity index (χ2n) is 5.25. The third kappa shape index (κ3) is 3.67. The van der Waals surface area contributed by atoms with Gasteiger partial charge in [0.15, 0.2) is 0 Å².